The summed E-state index contributed by atoms with van der Waals surface area (Å²) >= 11 is 5.86. The molecule has 0 aliphatic rings. The van der Waals surface area contributed by atoms with E-state index in [2.05, 4.69) is 15.9 Å². The molecule has 0 heterocycles. The first-order chi connectivity index (χ1) is 9.26. The van der Waals surface area contributed by atoms with Gasteiger partial charge in [0.25, 0.3) is 0 Å². The van der Waals surface area contributed by atoms with Crippen LogP contribution in [-0.4, -0.2) is 0 Å². The average molecular weight is 268 g/mol. The Morgan fingerprint density at radius 3 is 2.47 bits per heavy atom. The average Bonchev–Trinajstić information content (AvgIpc) is 2.46. The maximum absolute atomic E-state index is 8.76. The van der Waals surface area contributed by atoms with Crippen molar-refractivity contribution >= 4 is 11.6 Å². The Morgan fingerprint density at radius 2 is 1.84 bits per heavy atom. The molecule has 0 aliphatic carbocycles. The SMILES string of the molecule is C#Cc1ccccc1C(N=[N+]=[N-])c1ccc(Cl)cc1. The lowest BCUT2D eigenvalue weighted by Gasteiger charge is -2.14. The van der Waals surface area contributed by atoms with Crippen LogP contribution in [0.1, 0.15) is 22.7 Å². The summed E-state index contributed by atoms with van der Waals surface area (Å²) in [4.78, 5) is 2.91. The molecule has 0 spiro atoms. The van der Waals surface area contributed by atoms with Gasteiger partial charge in [0, 0.05) is 15.5 Å². The van der Waals surface area contributed by atoms with Crippen molar-refractivity contribution < 1.29 is 0 Å². The second kappa shape index (κ2) is 5.97. The Balaban J connectivity index is 2.55. The number of terminal acetylenes is 1. The molecule has 4 heteroatoms. The first-order valence-corrected chi connectivity index (χ1v) is 5.99. The molecule has 0 N–H and O–H groups in total. The van der Waals surface area contributed by atoms with Crippen molar-refractivity contribution in [2.45, 2.75) is 6.04 Å². The summed E-state index contributed by atoms with van der Waals surface area (Å²) in [5.41, 5.74) is 11.1. The zero-order valence-electron chi connectivity index (χ0n) is 9.99. The van der Waals surface area contributed by atoms with E-state index in [0.29, 0.717) is 5.02 Å². The van der Waals surface area contributed by atoms with E-state index < -0.39 is 6.04 Å². The molecule has 0 fully saturated rings. The Bertz CT molecular complexity index is 665. The second-order valence-electron chi connectivity index (χ2n) is 3.89. The fraction of sp³-hybridized carbons (Fsp3) is 0.0667. The lowest BCUT2D eigenvalue weighted by molar-refractivity contribution is 0.856. The molecule has 92 valence electrons. The minimum Gasteiger partial charge on any atom is -0.115 e. The minimum atomic E-state index is -0.450. The van der Waals surface area contributed by atoms with Crippen LogP contribution >= 0.6 is 11.6 Å². The van der Waals surface area contributed by atoms with Gasteiger partial charge in [-0.1, -0.05) is 53.0 Å². The van der Waals surface area contributed by atoms with Gasteiger partial charge in [-0.2, -0.15) is 0 Å². The number of rotatable bonds is 3. The summed E-state index contributed by atoms with van der Waals surface area (Å²) in [6.45, 7) is 0. The number of hydrogen-bond acceptors (Lipinski definition) is 1. The fourth-order valence-corrected chi connectivity index (χ4v) is 2.00. The van der Waals surface area contributed by atoms with Crippen LogP contribution in [0.5, 0.6) is 0 Å². The van der Waals surface area contributed by atoms with Crippen molar-refractivity contribution in [2.75, 3.05) is 0 Å². The number of halogens is 1. The van der Waals surface area contributed by atoms with Crippen LogP contribution in [0.4, 0.5) is 0 Å². The van der Waals surface area contributed by atoms with Gasteiger partial charge >= 0.3 is 0 Å². The number of hydrogen-bond donors (Lipinski definition) is 0. The highest BCUT2D eigenvalue weighted by Gasteiger charge is 2.15. The van der Waals surface area contributed by atoms with Gasteiger partial charge in [0.2, 0.25) is 0 Å². The van der Waals surface area contributed by atoms with Gasteiger partial charge in [-0.15, -0.1) is 6.42 Å². The van der Waals surface area contributed by atoms with E-state index in [1.54, 1.807) is 12.1 Å². The van der Waals surface area contributed by atoms with Gasteiger partial charge in [0.15, 0.2) is 0 Å². The van der Waals surface area contributed by atoms with Gasteiger partial charge in [-0.25, -0.2) is 0 Å². The number of nitrogens with zero attached hydrogens (tertiary/aromatic N) is 3. The van der Waals surface area contributed by atoms with Crippen LogP contribution in [0.2, 0.25) is 5.02 Å². The van der Waals surface area contributed by atoms with E-state index in [4.69, 9.17) is 23.6 Å². The van der Waals surface area contributed by atoms with E-state index >= 15 is 0 Å². The summed E-state index contributed by atoms with van der Waals surface area (Å²) in [6.07, 6.45) is 5.48. The molecule has 19 heavy (non-hydrogen) atoms. The standard InChI is InChI=1S/C15H10ClN3/c1-2-11-5-3-4-6-14(11)15(18-19-17)12-7-9-13(16)10-8-12/h1,3-10,15H. The molecule has 2 aromatic rings. The molecule has 0 amide bonds. The van der Waals surface area contributed by atoms with Crippen LogP contribution in [0.15, 0.2) is 53.6 Å². The third-order valence-electron chi connectivity index (χ3n) is 2.76. The summed E-state index contributed by atoms with van der Waals surface area (Å²) < 4.78 is 0. The minimum absolute atomic E-state index is 0.450. The van der Waals surface area contributed by atoms with E-state index in [0.717, 1.165) is 16.7 Å². The highest BCUT2D eigenvalue weighted by Crippen LogP contribution is 2.29. The smallest absolute Gasteiger partial charge is 0.0888 e. The summed E-state index contributed by atoms with van der Waals surface area (Å²) in [5.74, 6) is 2.61. The largest absolute Gasteiger partial charge is 0.115 e. The van der Waals surface area contributed by atoms with E-state index in [1.807, 2.05) is 36.4 Å². The van der Waals surface area contributed by atoms with Crippen molar-refractivity contribution in [1.29, 1.82) is 0 Å². The van der Waals surface area contributed by atoms with Crippen LogP contribution in [0.25, 0.3) is 10.4 Å². The van der Waals surface area contributed by atoms with Crippen LogP contribution in [-0.2, 0) is 0 Å². The highest BCUT2D eigenvalue weighted by molar-refractivity contribution is 6.30. The topological polar surface area (TPSA) is 48.8 Å². The zero-order valence-corrected chi connectivity index (χ0v) is 10.7. The molecule has 0 saturated heterocycles. The molecule has 2 rings (SSSR count). The van der Waals surface area contributed by atoms with Gasteiger partial charge < -0.3 is 0 Å². The molecule has 0 saturated carbocycles. The van der Waals surface area contributed by atoms with Gasteiger partial charge in [-0.3, -0.25) is 0 Å². The second-order valence-corrected chi connectivity index (χ2v) is 4.33. The lowest BCUT2D eigenvalue weighted by atomic mass is 9.95. The van der Waals surface area contributed by atoms with E-state index in [-0.39, 0.29) is 0 Å². The van der Waals surface area contributed by atoms with Crippen molar-refractivity contribution in [2.24, 2.45) is 5.11 Å². The highest BCUT2D eigenvalue weighted by atomic mass is 35.5. The molecule has 1 atom stereocenters. The first kappa shape index (κ1) is 13.0. The maximum atomic E-state index is 8.76. The van der Waals surface area contributed by atoms with Gasteiger partial charge in [0.1, 0.15) is 0 Å². The number of benzene rings is 2. The van der Waals surface area contributed by atoms with Crippen LogP contribution in [0, 0.1) is 12.3 Å². The lowest BCUT2D eigenvalue weighted by Crippen LogP contribution is -1.99. The Kier molecular flexibility index (Phi) is 4.10. The van der Waals surface area contributed by atoms with Crippen molar-refractivity contribution in [1.82, 2.24) is 0 Å². The summed E-state index contributed by atoms with van der Waals surface area (Å²) in [7, 11) is 0. The predicted octanol–water partition coefficient (Wildman–Crippen LogP) is 4.72. The Morgan fingerprint density at radius 1 is 1.16 bits per heavy atom. The van der Waals surface area contributed by atoms with Crippen molar-refractivity contribution in [3.05, 3.63) is 80.7 Å². The monoisotopic (exact) mass is 267 g/mol. The number of azide groups is 1. The molecule has 0 aliphatic heterocycles. The molecule has 0 aromatic heterocycles. The molecule has 0 radical (unpaired) electrons. The van der Waals surface area contributed by atoms with Crippen molar-refractivity contribution in [3.8, 4) is 12.3 Å². The van der Waals surface area contributed by atoms with Crippen LogP contribution in [0.3, 0.4) is 0 Å². The normalized spacial score (nSPS) is 11.2. The predicted molar refractivity (Wildman–Crippen MR) is 76.8 cm³/mol. The van der Waals surface area contributed by atoms with E-state index in [9.17, 15) is 0 Å². The quantitative estimate of drug-likeness (QED) is 0.334. The Hall–Kier alpha value is -2.40. The first-order valence-electron chi connectivity index (χ1n) is 5.61. The third kappa shape index (κ3) is 2.89. The molecule has 1 unspecified atom stereocenters. The fourth-order valence-electron chi connectivity index (χ4n) is 1.87. The summed E-state index contributed by atoms with van der Waals surface area (Å²) in [6, 6.07) is 14.1. The van der Waals surface area contributed by atoms with Crippen molar-refractivity contribution in [3.63, 3.8) is 0 Å². The van der Waals surface area contributed by atoms with Gasteiger partial charge in [0.05, 0.1) is 6.04 Å². The van der Waals surface area contributed by atoms with Gasteiger partial charge in [-0.05, 0) is 34.9 Å². The van der Waals surface area contributed by atoms with E-state index in [1.165, 1.54) is 0 Å². The molecular formula is C15H10ClN3. The summed E-state index contributed by atoms with van der Waals surface area (Å²) in [5, 5.41) is 4.48. The molecule has 0 bridgehead atoms. The Labute approximate surface area is 116 Å². The zero-order chi connectivity index (χ0) is 13.7. The maximum Gasteiger partial charge on any atom is 0.0888 e. The molecule has 2 aromatic carbocycles. The molecule has 3 nitrogen and oxygen atoms in total. The third-order valence-corrected chi connectivity index (χ3v) is 3.02. The molecular weight excluding hydrogens is 258 g/mol. The van der Waals surface area contributed by atoms with Crippen LogP contribution < -0.4 is 0 Å².